The number of methoxy groups -OCH3 is 1. The molecule has 0 saturated heterocycles. The summed E-state index contributed by atoms with van der Waals surface area (Å²) >= 11 is 0. The van der Waals surface area contributed by atoms with Gasteiger partial charge in [-0.1, -0.05) is 11.8 Å². The SMILES string of the molecule is CNc1ncc(C#CCC(=O)OC)cn1. The van der Waals surface area contributed by atoms with Crippen molar-refractivity contribution < 1.29 is 9.53 Å². The largest absolute Gasteiger partial charge is 0.468 e. The molecular formula is C10H11N3O2. The second-order valence-electron chi connectivity index (χ2n) is 2.60. The van der Waals surface area contributed by atoms with E-state index in [1.807, 2.05) is 0 Å². The smallest absolute Gasteiger partial charge is 0.317 e. The van der Waals surface area contributed by atoms with Gasteiger partial charge in [0, 0.05) is 19.4 Å². The third-order valence-electron chi connectivity index (χ3n) is 1.57. The fourth-order valence-electron chi connectivity index (χ4n) is 0.812. The topological polar surface area (TPSA) is 64.1 Å². The Kier molecular flexibility index (Phi) is 4.10. The molecule has 1 aromatic rings. The highest BCUT2D eigenvalue weighted by Gasteiger charge is 1.94. The number of anilines is 1. The minimum Gasteiger partial charge on any atom is -0.468 e. The standard InChI is InChI=1S/C10H11N3O2/c1-11-10-12-6-8(7-13-10)4-3-5-9(14)15-2/h6-7H,5H2,1-2H3,(H,11,12,13). The summed E-state index contributed by atoms with van der Waals surface area (Å²) in [5.74, 6) is 5.61. The van der Waals surface area contributed by atoms with Gasteiger partial charge < -0.3 is 10.1 Å². The van der Waals surface area contributed by atoms with Crippen molar-refractivity contribution in [2.45, 2.75) is 6.42 Å². The normalized spacial score (nSPS) is 8.67. The van der Waals surface area contributed by atoms with Crippen LogP contribution in [-0.2, 0) is 9.53 Å². The van der Waals surface area contributed by atoms with E-state index in [0.29, 0.717) is 11.5 Å². The maximum Gasteiger partial charge on any atom is 0.317 e. The number of nitrogens with one attached hydrogen (secondary N) is 1. The van der Waals surface area contributed by atoms with Crippen LogP contribution in [0.25, 0.3) is 0 Å². The Morgan fingerprint density at radius 3 is 2.73 bits per heavy atom. The average Bonchev–Trinajstić information content (AvgIpc) is 2.29. The lowest BCUT2D eigenvalue weighted by atomic mass is 10.3. The molecule has 0 aliphatic rings. The van der Waals surface area contributed by atoms with Gasteiger partial charge in [0.15, 0.2) is 0 Å². The number of nitrogens with zero attached hydrogens (tertiary/aromatic N) is 2. The number of hydrogen-bond donors (Lipinski definition) is 1. The van der Waals surface area contributed by atoms with Gasteiger partial charge in [-0.2, -0.15) is 0 Å². The summed E-state index contributed by atoms with van der Waals surface area (Å²) in [5, 5.41) is 2.79. The van der Waals surface area contributed by atoms with E-state index in [9.17, 15) is 4.79 Å². The Morgan fingerprint density at radius 2 is 2.20 bits per heavy atom. The molecular weight excluding hydrogens is 194 g/mol. The van der Waals surface area contributed by atoms with Crippen LogP contribution in [0.5, 0.6) is 0 Å². The van der Waals surface area contributed by atoms with Crippen LogP contribution in [-0.4, -0.2) is 30.1 Å². The van der Waals surface area contributed by atoms with E-state index >= 15 is 0 Å². The van der Waals surface area contributed by atoms with Crippen molar-refractivity contribution in [1.82, 2.24) is 9.97 Å². The molecule has 0 aliphatic heterocycles. The van der Waals surface area contributed by atoms with E-state index in [2.05, 4.69) is 31.9 Å². The Balaban J connectivity index is 2.60. The molecule has 1 N–H and O–H groups in total. The molecule has 0 amide bonds. The van der Waals surface area contributed by atoms with Crippen LogP contribution in [0.1, 0.15) is 12.0 Å². The van der Waals surface area contributed by atoms with Crippen LogP contribution in [0.4, 0.5) is 5.95 Å². The summed E-state index contributed by atoms with van der Waals surface area (Å²) in [5.41, 5.74) is 0.665. The molecule has 5 heteroatoms. The molecule has 1 rings (SSSR count). The maximum absolute atomic E-state index is 10.7. The molecule has 0 spiro atoms. The summed E-state index contributed by atoms with van der Waals surface area (Å²) in [7, 11) is 3.06. The first-order valence-electron chi connectivity index (χ1n) is 4.31. The number of hydrogen-bond acceptors (Lipinski definition) is 5. The van der Waals surface area contributed by atoms with Crippen molar-refractivity contribution in [3.63, 3.8) is 0 Å². The van der Waals surface area contributed by atoms with Crippen LogP contribution in [0.3, 0.4) is 0 Å². The van der Waals surface area contributed by atoms with Gasteiger partial charge in [-0.25, -0.2) is 9.97 Å². The second kappa shape index (κ2) is 5.60. The number of esters is 1. The minimum absolute atomic E-state index is 0.0737. The first-order chi connectivity index (χ1) is 7.26. The highest BCUT2D eigenvalue weighted by atomic mass is 16.5. The van der Waals surface area contributed by atoms with Crippen LogP contribution in [0.2, 0.25) is 0 Å². The number of aromatic nitrogens is 2. The predicted octanol–water partition coefficient (Wildman–Crippen LogP) is 0.433. The Labute approximate surface area is 87.9 Å². The molecule has 0 aliphatic carbocycles. The second-order valence-corrected chi connectivity index (χ2v) is 2.60. The average molecular weight is 205 g/mol. The molecule has 0 bridgehead atoms. The van der Waals surface area contributed by atoms with Gasteiger partial charge in [0.25, 0.3) is 0 Å². The van der Waals surface area contributed by atoms with Crippen LogP contribution in [0.15, 0.2) is 12.4 Å². The van der Waals surface area contributed by atoms with Crippen molar-refractivity contribution in [2.24, 2.45) is 0 Å². The van der Waals surface area contributed by atoms with E-state index in [-0.39, 0.29) is 12.4 Å². The summed E-state index contributed by atoms with van der Waals surface area (Å²) in [6.45, 7) is 0. The quantitative estimate of drug-likeness (QED) is 0.560. The fraction of sp³-hybridized carbons (Fsp3) is 0.300. The van der Waals surface area contributed by atoms with Crippen LogP contribution >= 0.6 is 0 Å². The molecule has 0 aromatic carbocycles. The maximum atomic E-state index is 10.7. The lowest BCUT2D eigenvalue weighted by Crippen LogP contribution is -1.97. The van der Waals surface area contributed by atoms with Gasteiger partial charge >= 0.3 is 5.97 Å². The highest BCUT2D eigenvalue weighted by Crippen LogP contribution is 1.97. The summed E-state index contributed by atoms with van der Waals surface area (Å²) in [4.78, 5) is 18.7. The van der Waals surface area contributed by atoms with Crippen molar-refractivity contribution in [3.8, 4) is 11.8 Å². The van der Waals surface area contributed by atoms with Crippen LogP contribution < -0.4 is 5.32 Å². The summed E-state index contributed by atoms with van der Waals surface area (Å²) in [6, 6.07) is 0. The van der Waals surface area contributed by atoms with E-state index in [1.165, 1.54) is 7.11 Å². The van der Waals surface area contributed by atoms with Gasteiger partial charge in [-0.15, -0.1) is 0 Å². The molecule has 5 nitrogen and oxygen atoms in total. The van der Waals surface area contributed by atoms with Gasteiger partial charge in [-0.05, 0) is 0 Å². The van der Waals surface area contributed by atoms with E-state index < -0.39 is 0 Å². The van der Waals surface area contributed by atoms with Crippen molar-refractivity contribution in [1.29, 1.82) is 0 Å². The first-order valence-corrected chi connectivity index (χ1v) is 4.31. The molecule has 1 aromatic heterocycles. The number of rotatable bonds is 2. The summed E-state index contributed by atoms with van der Waals surface area (Å²) in [6.07, 6.45) is 3.25. The third kappa shape index (κ3) is 3.65. The van der Waals surface area contributed by atoms with Gasteiger partial charge in [0.05, 0.1) is 12.7 Å². The predicted molar refractivity (Wildman–Crippen MR) is 55.1 cm³/mol. The number of ether oxygens (including phenoxy) is 1. The lowest BCUT2D eigenvalue weighted by molar-refractivity contribution is -0.139. The number of carbonyl (C=O) groups excluding carboxylic acids is 1. The van der Waals surface area contributed by atoms with E-state index in [1.54, 1.807) is 19.4 Å². The lowest BCUT2D eigenvalue weighted by Gasteiger charge is -1.95. The molecule has 0 unspecified atom stereocenters. The number of carbonyl (C=O) groups is 1. The molecule has 78 valence electrons. The monoisotopic (exact) mass is 205 g/mol. The molecule has 15 heavy (non-hydrogen) atoms. The Morgan fingerprint density at radius 1 is 1.53 bits per heavy atom. The molecule has 0 atom stereocenters. The molecule has 0 saturated carbocycles. The molecule has 0 fully saturated rings. The Hall–Kier alpha value is -2.09. The minimum atomic E-state index is -0.352. The van der Waals surface area contributed by atoms with Gasteiger partial charge in [0.2, 0.25) is 5.95 Å². The van der Waals surface area contributed by atoms with Crippen LogP contribution in [0, 0.1) is 11.8 Å². The van der Waals surface area contributed by atoms with Crippen molar-refractivity contribution in [3.05, 3.63) is 18.0 Å². The summed E-state index contributed by atoms with van der Waals surface area (Å²) < 4.78 is 4.44. The van der Waals surface area contributed by atoms with E-state index in [4.69, 9.17) is 0 Å². The van der Waals surface area contributed by atoms with E-state index in [0.717, 1.165) is 0 Å². The molecule has 0 radical (unpaired) electrons. The van der Waals surface area contributed by atoms with Gasteiger partial charge in [0.1, 0.15) is 6.42 Å². The fourth-order valence-corrected chi connectivity index (χ4v) is 0.812. The Bertz CT molecular complexity index is 389. The zero-order chi connectivity index (χ0) is 11.1. The van der Waals surface area contributed by atoms with Crippen molar-refractivity contribution >= 4 is 11.9 Å². The highest BCUT2D eigenvalue weighted by molar-refractivity contribution is 5.72. The first kappa shape index (κ1) is 11.0. The molecule has 1 heterocycles. The third-order valence-corrected chi connectivity index (χ3v) is 1.57. The zero-order valence-electron chi connectivity index (χ0n) is 8.57. The van der Waals surface area contributed by atoms with Gasteiger partial charge in [-0.3, -0.25) is 4.79 Å². The van der Waals surface area contributed by atoms with Crippen molar-refractivity contribution in [2.75, 3.05) is 19.5 Å². The zero-order valence-corrected chi connectivity index (χ0v) is 8.57.